The fraction of sp³-hybridized carbons (Fsp3) is 0.579. The fourth-order valence-corrected chi connectivity index (χ4v) is 2.83. The Balaban J connectivity index is 1.52. The van der Waals surface area contributed by atoms with Gasteiger partial charge < -0.3 is 18.9 Å². The summed E-state index contributed by atoms with van der Waals surface area (Å²) < 4.78 is 21.5. The van der Waals surface area contributed by atoms with Gasteiger partial charge in [0.2, 0.25) is 6.79 Å². The van der Waals surface area contributed by atoms with E-state index >= 15 is 0 Å². The molecule has 0 aliphatic carbocycles. The van der Waals surface area contributed by atoms with Gasteiger partial charge in [0.05, 0.1) is 19.8 Å². The smallest absolute Gasteiger partial charge is 0.291 e. The predicted octanol–water partition coefficient (Wildman–Crippen LogP) is 1.65. The standard InChI is InChI=1S/C19H27N3O5/c1-2-10-25-19(20-6-3-7-22-8-11-24-12-9-22)21-18(23)15-4-5-16-17(13-15)27-14-26-16/h4-5,13H,2-3,6-12,14H2,1H3,(H,20,21,23). The molecule has 0 aromatic heterocycles. The van der Waals surface area contributed by atoms with E-state index in [2.05, 4.69) is 15.2 Å². The Labute approximate surface area is 159 Å². The molecular formula is C19H27N3O5. The van der Waals surface area contributed by atoms with E-state index in [1.165, 1.54) is 0 Å². The number of ether oxygens (including phenoxy) is 4. The molecule has 148 valence electrons. The first-order valence-electron chi connectivity index (χ1n) is 9.44. The van der Waals surface area contributed by atoms with Crippen LogP contribution in [0.15, 0.2) is 23.2 Å². The summed E-state index contributed by atoms with van der Waals surface area (Å²) in [5.41, 5.74) is 0.473. The number of amides is 1. The zero-order valence-corrected chi connectivity index (χ0v) is 15.7. The molecule has 0 bridgehead atoms. The van der Waals surface area contributed by atoms with Crippen LogP contribution in [0, 0.1) is 0 Å². The highest BCUT2D eigenvalue weighted by Crippen LogP contribution is 2.32. The van der Waals surface area contributed by atoms with E-state index < -0.39 is 0 Å². The monoisotopic (exact) mass is 377 g/mol. The average molecular weight is 377 g/mol. The summed E-state index contributed by atoms with van der Waals surface area (Å²) in [5, 5.41) is 2.76. The molecule has 1 amide bonds. The Kier molecular flexibility index (Phi) is 7.29. The lowest BCUT2D eigenvalue weighted by molar-refractivity contribution is 0.0377. The fourth-order valence-electron chi connectivity index (χ4n) is 2.83. The largest absolute Gasteiger partial charge is 0.465 e. The maximum atomic E-state index is 12.5. The minimum Gasteiger partial charge on any atom is -0.465 e. The SMILES string of the molecule is CCCOC(=NCCCN1CCOCC1)NC(=O)c1ccc2c(c1)OCO2. The van der Waals surface area contributed by atoms with E-state index in [1.807, 2.05) is 6.92 Å². The van der Waals surface area contributed by atoms with Crippen LogP contribution in [0.5, 0.6) is 11.5 Å². The van der Waals surface area contributed by atoms with Crippen molar-refractivity contribution in [1.29, 1.82) is 0 Å². The Morgan fingerprint density at radius 1 is 1.26 bits per heavy atom. The lowest BCUT2D eigenvalue weighted by Crippen LogP contribution is -2.37. The molecule has 2 heterocycles. The van der Waals surface area contributed by atoms with E-state index in [0.29, 0.717) is 30.2 Å². The summed E-state index contributed by atoms with van der Waals surface area (Å²) in [6.07, 6.45) is 1.74. The van der Waals surface area contributed by atoms with Gasteiger partial charge in [0, 0.05) is 31.7 Å². The molecule has 1 saturated heterocycles. The molecule has 0 saturated carbocycles. The van der Waals surface area contributed by atoms with Crippen molar-refractivity contribution in [2.45, 2.75) is 19.8 Å². The summed E-state index contributed by atoms with van der Waals surface area (Å²) in [5.74, 6) is 0.934. The maximum absolute atomic E-state index is 12.5. The van der Waals surface area contributed by atoms with Gasteiger partial charge in [0.1, 0.15) is 0 Å². The Morgan fingerprint density at radius 3 is 2.89 bits per heavy atom. The third-order valence-corrected chi connectivity index (χ3v) is 4.29. The van der Waals surface area contributed by atoms with Crippen LogP contribution in [-0.2, 0) is 9.47 Å². The highest BCUT2D eigenvalue weighted by molar-refractivity contribution is 6.04. The number of nitrogens with zero attached hydrogens (tertiary/aromatic N) is 2. The van der Waals surface area contributed by atoms with Crippen molar-refractivity contribution >= 4 is 11.9 Å². The summed E-state index contributed by atoms with van der Waals surface area (Å²) in [7, 11) is 0. The molecule has 2 aliphatic rings. The highest BCUT2D eigenvalue weighted by Gasteiger charge is 2.17. The van der Waals surface area contributed by atoms with Crippen molar-refractivity contribution in [3.05, 3.63) is 23.8 Å². The number of morpholine rings is 1. The van der Waals surface area contributed by atoms with Crippen molar-refractivity contribution in [2.75, 3.05) is 52.8 Å². The number of hydrogen-bond acceptors (Lipinski definition) is 7. The molecule has 8 heteroatoms. The van der Waals surface area contributed by atoms with E-state index in [0.717, 1.165) is 45.7 Å². The van der Waals surface area contributed by atoms with Gasteiger partial charge in [-0.2, -0.15) is 0 Å². The molecule has 1 fully saturated rings. The normalized spacial score (nSPS) is 17.0. The van der Waals surface area contributed by atoms with Crippen LogP contribution in [0.25, 0.3) is 0 Å². The first-order chi connectivity index (χ1) is 13.3. The number of hydrogen-bond donors (Lipinski definition) is 1. The number of amidine groups is 1. The molecule has 0 unspecified atom stereocenters. The number of rotatable bonds is 7. The lowest BCUT2D eigenvalue weighted by Gasteiger charge is -2.26. The highest BCUT2D eigenvalue weighted by atomic mass is 16.7. The first kappa shape index (κ1) is 19.4. The second-order valence-corrected chi connectivity index (χ2v) is 6.37. The summed E-state index contributed by atoms with van der Waals surface area (Å²) >= 11 is 0. The number of nitrogens with one attached hydrogen (secondary N) is 1. The summed E-state index contributed by atoms with van der Waals surface area (Å²) in [6.45, 7) is 7.75. The van der Waals surface area contributed by atoms with Crippen LogP contribution in [0.3, 0.4) is 0 Å². The quantitative estimate of drug-likeness (QED) is 0.442. The first-order valence-corrected chi connectivity index (χ1v) is 9.44. The van der Waals surface area contributed by atoms with Gasteiger partial charge in [-0.25, -0.2) is 4.99 Å². The molecule has 27 heavy (non-hydrogen) atoms. The molecule has 0 spiro atoms. The number of benzene rings is 1. The van der Waals surface area contributed by atoms with Crippen molar-refractivity contribution in [3.8, 4) is 11.5 Å². The van der Waals surface area contributed by atoms with Crippen molar-refractivity contribution in [2.24, 2.45) is 4.99 Å². The molecule has 2 aliphatic heterocycles. The van der Waals surface area contributed by atoms with Gasteiger partial charge in [-0.3, -0.25) is 15.0 Å². The van der Waals surface area contributed by atoms with Crippen molar-refractivity contribution in [3.63, 3.8) is 0 Å². The minimum atomic E-state index is -0.281. The summed E-state index contributed by atoms with van der Waals surface area (Å²) in [6, 6.07) is 5.34. The Hall–Kier alpha value is -2.32. The average Bonchev–Trinajstić information content (AvgIpc) is 3.17. The maximum Gasteiger partial charge on any atom is 0.291 e. The van der Waals surface area contributed by atoms with Gasteiger partial charge in [-0.1, -0.05) is 6.92 Å². The topological polar surface area (TPSA) is 81.6 Å². The van der Waals surface area contributed by atoms with Gasteiger partial charge >= 0.3 is 0 Å². The Bertz CT molecular complexity index is 659. The molecule has 1 N–H and O–H groups in total. The number of carbonyl (C=O) groups is 1. The molecule has 8 nitrogen and oxygen atoms in total. The second kappa shape index (κ2) is 10.1. The molecule has 1 aromatic carbocycles. The van der Waals surface area contributed by atoms with Gasteiger partial charge in [0.25, 0.3) is 11.9 Å². The molecular weight excluding hydrogens is 350 g/mol. The number of aliphatic imine (C=N–C) groups is 1. The molecule has 0 atom stereocenters. The third kappa shape index (κ3) is 5.83. The van der Waals surface area contributed by atoms with Crippen LogP contribution in [0.1, 0.15) is 30.1 Å². The van der Waals surface area contributed by atoms with E-state index in [-0.39, 0.29) is 18.7 Å². The van der Waals surface area contributed by atoms with Gasteiger partial charge in [0.15, 0.2) is 11.5 Å². The summed E-state index contributed by atoms with van der Waals surface area (Å²) in [4.78, 5) is 19.3. The predicted molar refractivity (Wildman–Crippen MR) is 100 cm³/mol. The molecule has 1 aromatic rings. The van der Waals surface area contributed by atoms with Crippen molar-refractivity contribution in [1.82, 2.24) is 10.2 Å². The lowest BCUT2D eigenvalue weighted by atomic mass is 10.2. The van der Waals surface area contributed by atoms with E-state index in [9.17, 15) is 4.79 Å². The van der Waals surface area contributed by atoms with E-state index in [4.69, 9.17) is 18.9 Å². The van der Waals surface area contributed by atoms with Gasteiger partial charge in [-0.15, -0.1) is 0 Å². The van der Waals surface area contributed by atoms with Crippen LogP contribution >= 0.6 is 0 Å². The van der Waals surface area contributed by atoms with Crippen molar-refractivity contribution < 1.29 is 23.7 Å². The van der Waals surface area contributed by atoms with Crippen LogP contribution in [0.2, 0.25) is 0 Å². The minimum absolute atomic E-state index is 0.176. The Morgan fingerprint density at radius 2 is 2.07 bits per heavy atom. The van der Waals surface area contributed by atoms with Crippen LogP contribution < -0.4 is 14.8 Å². The van der Waals surface area contributed by atoms with E-state index in [1.54, 1.807) is 18.2 Å². The van der Waals surface area contributed by atoms with Crippen LogP contribution in [0.4, 0.5) is 0 Å². The zero-order chi connectivity index (χ0) is 18.9. The molecule has 3 rings (SSSR count). The zero-order valence-electron chi connectivity index (χ0n) is 15.7. The number of fused-ring (bicyclic) bond motifs is 1. The second-order valence-electron chi connectivity index (χ2n) is 6.37. The third-order valence-electron chi connectivity index (χ3n) is 4.29. The van der Waals surface area contributed by atoms with Gasteiger partial charge in [-0.05, 0) is 31.0 Å². The molecule has 0 radical (unpaired) electrons. The number of carbonyl (C=O) groups excluding carboxylic acids is 1. The van der Waals surface area contributed by atoms with Crippen LogP contribution in [-0.4, -0.2) is 69.6 Å².